The Kier molecular flexibility index (Phi) is 4.67. The number of benzene rings is 2. The lowest BCUT2D eigenvalue weighted by atomic mass is 9.88. The van der Waals surface area contributed by atoms with Crippen molar-refractivity contribution >= 4 is 27.0 Å². The van der Waals surface area contributed by atoms with E-state index in [4.69, 9.17) is 5.73 Å². The monoisotopic (exact) mass is 399 g/mol. The van der Waals surface area contributed by atoms with Crippen LogP contribution in [0.3, 0.4) is 0 Å². The zero-order valence-corrected chi connectivity index (χ0v) is 16.7. The molecule has 0 saturated heterocycles. The van der Waals surface area contributed by atoms with Gasteiger partial charge in [-0.1, -0.05) is 55.7 Å². The molecule has 0 radical (unpaired) electrons. The first kappa shape index (κ1) is 19.0. The van der Waals surface area contributed by atoms with E-state index in [1.54, 1.807) is 25.1 Å². The molecule has 4 rings (SSSR count). The van der Waals surface area contributed by atoms with Crippen molar-refractivity contribution in [2.45, 2.75) is 49.9 Å². The Hall–Kier alpha value is -2.38. The van der Waals surface area contributed by atoms with Gasteiger partial charge >= 0.3 is 0 Å². The Balaban J connectivity index is 1.85. The van der Waals surface area contributed by atoms with Crippen LogP contribution in [0.2, 0.25) is 0 Å². The van der Waals surface area contributed by atoms with Crippen LogP contribution in [0.1, 0.15) is 50.2 Å². The fraction of sp³-hybridized carbons (Fsp3) is 0.381. The minimum absolute atomic E-state index is 0.0305. The normalized spacial score (nSPS) is 18.2. The summed E-state index contributed by atoms with van der Waals surface area (Å²) in [6.07, 6.45) is 4.16. The number of anilines is 1. The number of rotatable bonds is 4. The Morgan fingerprint density at radius 3 is 2.43 bits per heavy atom. The summed E-state index contributed by atoms with van der Waals surface area (Å²) in [6, 6.07) is 14.4. The minimum Gasteiger partial charge on any atom is -0.381 e. The first-order chi connectivity index (χ1) is 13.3. The average molecular weight is 400 g/mol. The zero-order valence-electron chi connectivity index (χ0n) is 15.9. The summed E-state index contributed by atoms with van der Waals surface area (Å²) < 4.78 is 27.8. The third-order valence-corrected chi connectivity index (χ3v) is 7.97. The fourth-order valence-electron chi connectivity index (χ4n) is 4.08. The van der Waals surface area contributed by atoms with E-state index in [0.717, 1.165) is 24.8 Å². The second-order valence-corrected chi connectivity index (χ2v) is 9.74. The van der Waals surface area contributed by atoms with E-state index in [1.165, 1.54) is 3.97 Å². The van der Waals surface area contributed by atoms with Gasteiger partial charge in [0, 0.05) is 0 Å². The van der Waals surface area contributed by atoms with Gasteiger partial charge in [-0.05, 0) is 43.0 Å². The van der Waals surface area contributed by atoms with Crippen LogP contribution in [0, 0.1) is 0 Å². The second-order valence-electron chi connectivity index (χ2n) is 7.68. The van der Waals surface area contributed by atoms with Crippen LogP contribution in [0.25, 0.3) is 11.0 Å². The van der Waals surface area contributed by atoms with E-state index >= 15 is 0 Å². The molecule has 2 aromatic carbocycles. The van der Waals surface area contributed by atoms with Gasteiger partial charge in [0.1, 0.15) is 5.60 Å². The van der Waals surface area contributed by atoms with Crippen molar-refractivity contribution in [1.82, 2.24) is 8.96 Å². The second kappa shape index (κ2) is 6.90. The first-order valence-electron chi connectivity index (χ1n) is 9.62. The maximum Gasteiger partial charge on any atom is 0.244 e. The smallest absolute Gasteiger partial charge is 0.244 e. The van der Waals surface area contributed by atoms with Gasteiger partial charge < -0.3 is 10.8 Å². The van der Waals surface area contributed by atoms with Crippen molar-refractivity contribution in [3.05, 3.63) is 59.7 Å². The number of imidazole rings is 1. The molecule has 0 aliphatic heterocycles. The molecule has 1 saturated carbocycles. The highest BCUT2D eigenvalue weighted by molar-refractivity contribution is 7.90. The number of aliphatic hydroxyl groups is 1. The number of fused-ring (bicyclic) bond motifs is 1. The molecule has 1 atom stereocenters. The Bertz CT molecular complexity index is 1100. The molecule has 148 valence electrons. The predicted octanol–water partition coefficient (Wildman–Crippen LogP) is 3.38. The molecular formula is C21H25N3O3S. The highest BCUT2D eigenvalue weighted by Gasteiger charge is 2.33. The first-order valence-corrected chi connectivity index (χ1v) is 11.1. The molecule has 3 aromatic rings. The third kappa shape index (κ3) is 3.08. The number of aromatic nitrogens is 2. The molecule has 1 aromatic heterocycles. The minimum atomic E-state index is -3.66. The summed E-state index contributed by atoms with van der Waals surface area (Å²) in [7, 11) is -3.66. The molecule has 3 N–H and O–H groups in total. The third-order valence-electron chi connectivity index (χ3n) is 5.76. The van der Waals surface area contributed by atoms with E-state index in [9.17, 15) is 13.5 Å². The van der Waals surface area contributed by atoms with Crippen molar-refractivity contribution in [2.75, 3.05) is 5.73 Å². The van der Waals surface area contributed by atoms with Crippen molar-refractivity contribution in [3.63, 3.8) is 0 Å². The predicted molar refractivity (Wildman–Crippen MR) is 110 cm³/mol. The van der Waals surface area contributed by atoms with Crippen LogP contribution in [-0.2, 0) is 15.6 Å². The fourth-order valence-corrected chi connectivity index (χ4v) is 6.03. The highest BCUT2D eigenvalue weighted by Crippen LogP contribution is 2.34. The van der Waals surface area contributed by atoms with Crippen LogP contribution in [0.15, 0.2) is 48.5 Å². The lowest BCUT2D eigenvalue weighted by Gasteiger charge is -2.25. The van der Waals surface area contributed by atoms with Gasteiger partial charge in [-0.2, -0.15) is 0 Å². The number of hydrogen-bond donors (Lipinski definition) is 2. The highest BCUT2D eigenvalue weighted by atomic mass is 32.2. The summed E-state index contributed by atoms with van der Waals surface area (Å²) in [5, 5.41) is 10.7. The van der Waals surface area contributed by atoms with Gasteiger partial charge in [0.05, 0.1) is 16.3 Å². The molecule has 1 aliphatic rings. The molecule has 7 heteroatoms. The number of hydrogen-bond acceptors (Lipinski definition) is 5. The van der Waals surface area contributed by atoms with Crippen LogP contribution >= 0.6 is 0 Å². The zero-order chi connectivity index (χ0) is 19.9. The van der Waals surface area contributed by atoms with Crippen molar-refractivity contribution in [2.24, 2.45) is 0 Å². The van der Waals surface area contributed by atoms with E-state index in [-0.39, 0.29) is 5.95 Å². The van der Waals surface area contributed by atoms with Gasteiger partial charge in [0.15, 0.2) is 0 Å². The maximum atomic E-state index is 13.3. The maximum absolute atomic E-state index is 13.3. The lowest BCUT2D eigenvalue weighted by Crippen LogP contribution is -2.30. The summed E-state index contributed by atoms with van der Waals surface area (Å²) in [5.41, 5.74) is 6.99. The molecule has 1 unspecified atom stereocenters. The number of nitrogen functional groups attached to an aromatic ring is 1. The van der Waals surface area contributed by atoms with Gasteiger partial charge in [-0.15, -0.1) is 0 Å². The number of nitrogens with two attached hydrogens (primary N) is 1. The van der Waals surface area contributed by atoms with Crippen molar-refractivity contribution in [1.29, 1.82) is 0 Å². The molecular weight excluding hydrogens is 374 g/mol. The van der Waals surface area contributed by atoms with Crippen LogP contribution in [0.4, 0.5) is 5.95 Å². The van der Waals surface area contributed by atoms with E-state index in [1.807, 2.05) is 30.3 Å². The average Bonchev–Trinajstić information content (AvgIpc) is 3.05. The molecule has 6 nitrogen and oxygen atoms in total. The Labute approximate surface area is 165 Å². The van der Waals surface area contributed by atoms with Crippen molar-refractivity contribution in [3.8, 4) is 0 Å². The van der Waals surface area contributed by atoms with Gasteiger partial charge in [0.25, 0.3) is 0 Å². The Morgan fingerprint density at radius 2 is 1.75 bits per heavy atom. The topological polar surface area (TPSA) is 98.2 Å². The van der Waals surface area contributed by atoms with Gasteiger partial charge in [0.2, 0.25) is 16.0 Å². The molecule has 0 spiro atoms. The molecule has 1 aliphatic carbocycles. The largest absolute Gasteiger partial charge is 0.381 e. The quantitative estimate of drug-likeness (QED) is 0.701. The van der Waals surface area contributed by atoms with Gasteiger partial charge in [-0.3, -0.25) is 0 Å². The van der Waals surface area contributed by atoms with E-state index < -0.39 is 20.9 Å². The molecule has 0 bridgehead atoms. The molecule has 0 amide bonds. The van der Waals surface area contributed by atoms with E-state index in [0.29, 0.717) is 29.4 Å². The lowest BCUT2D eigenvalue weighted by molar-refractivity contribution is 0.102. The van der Waals surface area contributed by atoms with Crippen LogP contribution in [-0.4, -0.2) is 27.7 Å². The molecule has 1 heterocycles. The molecule has 28 heavy (non-hydrogen) atoms. The summed E-state index contributed by atoms with van der Waals surface area (Å²) in [5.74, 6) is -0.0305. The van der Waals surface area contributed by atoms with E-state index in [2.05, 4.69) is 4.98 Å². The SMILES string of the molecule is CC(O)(c1ccccc1)c1ccc2nc(N)n(S(=O)(=O)C3CCCCC3)c2c1. The molecule has 1 fully saturated rings. The van der Waals surface area contributed by atoms with Crippen LogP contribution < -0.4 is 5.73 Å². The number of nitrogens with zero attached hydrogens (tertiary/aromatic N) is 2. The van der Waals surface area contributed by atoms with Crippen molar-refractivity contribution < 1.29 is 13.5 Å². The summed E-state index contributed by atoms with van der Waals surface area (Å²) >= 11 is 0. The Morgan fingerprint density at radius 1 is 1.07 bits per heavy atom. The van der Waals surface area contributed by atoms with Gasteiger partial charge in [-0.25, -0.2) is 17.4 Å². The summed E-state index contributed by atoms with van der Waals surface area (Å²) in [6.45, 7) is 1.70. The standard InChI is InChI=1S/C21H25N3O3S/c1-21(25,15-8-4-2-5-9-15)16-12-13-18-19(14-16)24(20(22)23-18)28(26,27)17-10-6-3-7-11-17/h2,4-5,8-9,12-14,17,25H,3,6-7,10-11H2,1H3,(H2,22,23). The van der Waals surface area contributed by atoms with Crippen LogP contribution in [0.5, 0.6) is 0 Å². The summed E-state index contributed by atoms with van der Waals surface area (Å²) in [4.78, 5) is 4.25.